The lowest BCUT2D eigenvalue weighted by Crippen LogP contribution is -2.57. The average molecular weight is 690 g/mol. The molecule has 2 heterocycles. The van der Waals surface area contributed by atoms with Crippen LogP contribution in [0.1, 0.15) is 61.9 Å². The van der Waals surface area contributed by atoms with Crippen molar-refractivity contribution in [2.45, 2.75) is 70.5 Å². The fraction of sp³-hybridized carbons (Fsp3) is 0.514. The topological polar surface area (TPSA) is 168 Å². The zero-order valence-electron chi connectivity index (χ0n) is 29.4. The van der Waals surface area contributed by atoms with E-state index >= 15 is 0 Å². The molecule has 0 spiro atoms. The van der Waals surface area contributed by atoms with Crippen molar-refractivity contribution >= 4 is 35.6 Å². The molecule has 2 aliphatic heterocycles. The Kier molecular flexibility index (Phi) is 14.8. The molecule has 13 nitrogen and oxygen atoms in total. The van der Waals surface area contributed by atoms with Gasteiger partial charge in [-0.1, -0.05) is 56.3 Å². The number of nitrogens with two attached hydrogens (primary N) is 1. The Bertz CT molecular complexity index is 1500. The van der Waals surface area contributed by atoms with E-state index in [2.05, 4.69) is 20.7 Å². The van der Waals surface area contributed by atoms with Gasteiger partial charge in [-0.25, -0.2) is 0 Å². The standard InChI is InChI=1S/C37H51N7O6/c1-26(2)22-30-36(47)44-19-9-15-31(44)37(48)43(3)32(23-27-12-5-4-6-13-27)35(46)40-18-11-21-49-20-10-17-39-24-28(42-38)25-50-33-16-8-7-14-29(33)34(45)41-30/h4-8,12-14,16,24,26,30-32H,9-11,15,17-23,25,38H2,1-3H3,(H,40,46)(H,41,45)/t30-,31-,32+/m1/s1. The van der Waals surface area contributed by atoms with Crippen LogP contribution in [0.5, 0.6) is 5.75 Å². The number of fused-ring (bicyclic) bond motifs is 2. The van der Waals surface area contributed by atoms with E-state index < -0.39 is 24.0 Å². The number of likely N-dealkylation sites (N-methyl/N-ethyl adjacent to an activating group) is 1. The van der Waals surface area contributed by atoms with Gasteiger partial charge < -0.3 is 35.7 Å². The van der Waals surface area contributed by atoms with E-state index in [0.29, 0.717) is 82.8 Å². The van der Waals surface area contributed by atoms with Gasteiger partial charge in [0.15, 0.2) is 0 Å². The van der Waals surface area contributed by atoms with Crippen LogP contribution in [0.15, 0.2) is 64.7 Å². The minimum atomic E-state index is -0.886. The van der Waals surface area contributed by atoms with Gasteiger partial charge >= 0.3 is 0 Å². The summed E-state index contributed by atoms with van der Waals surface area (Å²) in [7, 11) is 1.62. The van der Waals surface area contributed by atoms with Crippen LogP contribution in [0.4, 0.5) is 0 Å². The Labute approximate surface area is 294 Å². The minimum Gasteiger partial charge on any atom is -0.486 e. The molecule has 4 N–H and O–H groups in total. The smallest absolute Gasteiger partial charge is 0.255 e. The van der Waals surface area contributed by atoms with E-state index in [-0.39, 0.29) is 35.8 Å². The molecular weight excluding hydrogens is 638 g/mol. The summed E-state index contributed by atoms with van der Waals surface area (Å²) in [5.41, 5.74) is 1.54. The molecule has 270 valence electrons. The Morgan fingerprint density at radius 2 is 1.72 bits per heavy atom. The molecule has 0 aromatic heterocycles. The number of carbonyl (C=O) groups is 4. The van der Waals surface area contributed by atoms with Crippen molar-refractivity contribution in [1.82, 2.24) is 20.4 Å². The number of para-hydroxylation sites is 1. The van der Waals surface area contributed by atoms with Gasteiger partial charge in [0.05, 0.1) is 5.56 Å². The van der Waals surface area contributed by atoms with Crippen LogP contribution in [0.25, 0.3) is 0 Å². The molecule has 2 aliphatic rings. The number of amides is 4. The van der Waals surface area contributed by atoms with E-state index in [0.717, 1.165) is 5.56 Å². The summed E-state index contributed by atoms with van der Waals surface area (Å²) >= 11 is 0. The van der Waals surface area contributed by atoms with Gasteiger partial charge in [-0.3, -0.25) is 24.2 Å². The zero-order valence-corrected chi connectivity index (χ0v) is 29.4. The lowest BCUT2D eigenvalue weighted by Gasteiger charge is -2.34. The van der Waals surface area contributed by atoms with Crippen molar-refractivity contribution in [3.05, 3.63) is 65.7 Å². The third-order valence-corrected chi connectivity index (χ3v) is 8.78. The highest BCUT2D eigenvalue weighted by molar-refractivity contribution is 6.31. The number of ether oxygens (including phenoxy) is 2. The molecule has 1 fully saturated rings. The first kappa shape index (κ1) is 38.0. The van der Waals surface area contributed by atoms with E-state index in [9.17, 15) is 19.2 Å². The summed E-state index contributed by atoms with van der Waals surface area (Å²) in [5, 5.41) is 9.67. The first-order chi connectivity index (χ1) is 24.2. The highest BCUT2D eigenvalue weighted by Crippen LogP contribution is 2.24. The second-order valence-corrected chi connectivity index (χ2v) is 13.1. The van der Waals surface area contributed by atoms with E-state index in [1.165, 1.54) is 11.1 Å². The van der Waals surface area contributed by atoms with E-state index in [1.807, 2.05) is 44.2 Å². The number of nitrogens with one attached hydrogen (secondary N) is 2. The number of benzene rings is 2. The summed E-state index contributed by atoms with van der Waals surface area (Å²) in [6.07, 6.45) is 4.57. The Morgan fingerprint density at radius 3 is 2.48 bits per heavy atom. The molecule has 0 radical (unpaired) electrons. The molecule has 50 heavy (non-hydrogen) atoms. The zero-order chi connectivity index (χ0) is 35.9. The first-order valence-corrected chi connectivity index (χ1v) is 17.4. The Hall–Kier alpha value is -4.78. The van der Waals surface area contributed by atoms with Crippen LogP contribution in [-0.2, 0) is 25.5 Å². The molecule has 1 saturated heterocycles. The largest absolute Gasteiger partial charge is 0.486 e. The molecule has 3 atom stereocenters. The van der Waals surface area contributed by atoms with Gasteiger partial charge in [-0.2, -0.15) is 5.10 Å². The van der Waals surface area contributed by atoms with Crippen molar-refractivity contribution < 1.29 is 28.7 Å². The molecule has 13 heteroatoms. The molecule has 0 saturated carbocycles. The Morgan fingerprint density at radius 1 is 0.980 bits per heavy atom. The summed E-state index contributed by atoms with van der Waals surface area (Å²) in [5.74, 6) is 4.54. The SMILES string of the molecule is CC(C)C[C@H]1NC(=O)c2ccccc2OCC(=NN)C=NCCCOCCCNC(=O)[C@H](Cc2ccccc2)N(C)C(=O)[C@H]2CCCN2C1=O. The van der Waals surface area contributed by atoms with Crippen LogP contribution >= 0.6 is 0 Å². The molecule has 2 aromatic carbocycles. The second kappa shape index (κ2) is 19.4. The minimum absolute atomic E-state index is 0.0166. The van der Waals surface area contributed by atoms with Gasteiger partial charge in [-0.05, 0) is 55.7 Å². The van der Waals surface area contributed by atoms with Crippen LogP contribution in [-0.4, -0.2) is 110 Å². The fourth-order valence-electron chi connectivity index (χ4n) is 6.12. The second-order valence-electron chi connectivity index (χ2n) is 13.1. The maximum absolute atomic E-state index is 14.2. The monoisotopic (exact) mass is 689 g/mol. The Balaban J connectivity index is 1.61. The van der Waals surface area contributed by atoms with Crippen molar-refractivity contribution in [3.8, 4) is 5.75 Å². The van der Waals surface area contributed by atoms with Crippen LogP contribution in [0, 0.1) is 5.92 Å². The highest BCUT2D eigenvalue weighted by atomic mass is 16.5. The molecule has 0 unspecified atom stereocenters. The predicted molar refractivity (Wildman–Crippen MR) is 192 cm³/mol. The average Bonchev–Trinajstić information content (AvgIpc) is 3.61. The number of nitrogens with zero attached hydrogens (tertiary/aromatic N) is 4. The summed E-state index contributed by atoms with van der Waals surface area (Å²) in [6.45, 7) is 6.10. The van der Waals surface area contributed by atoms with Crippen molar-refractivity contribution in [3.63, 3.8) is 0 Å². The number of aliphatic imine (C=N–C) groups is 1. The van der Waals surface area contributed by atoms with Crippen molar-refractivity contribution in [1.29, 1.82) is 0 Å². The molecule has 4 amide bonds. The molecule has 2 aromatic rings. The quantitative estimate of drug-likeness (QED) is 0.328. The maximum Gasteiger partial charge on any atom is 0.255 e. The van der Waals surface area contributed by atoms with Gasteiger partial charge in [0.1, 0.15) is 36.2 Å². The predicted octanol–water partition coefficient (Wildman–Crippen LogP) is 2.58. The molecule has 4 rings (SSSR count). The third-order valence-electron chi connectivity index (χ3n) is 8.78. The number of hydrazone groups is 1. The maximum atomic E-state index is 14.2. The summed E-state index contributed by atoms with van der Waals surface area (Å²) in [6, 6.07) is 13.9. The van der Waals surface area contributed by atoms with Gasteiger partial charge in [0.2, 0.25) is 17.7 Å². The number of hydrogen-bond acceptors (Lipinski definition) is 9. The fourth-order valence-corrected chi connectivity index (χ4v) is 6.12. The third kappa shape index (κ3) is 10.9. The van der Waals surface area contributed by atoms with Gasteiger partial charge in [0, 0.05) is 52.5 Å². The number of rotatable bonds is 4. The highest BCUT2D eigenvalue weighted by Gasteiger charge is 2.41. The van der Waals surface area contributed by atoms with Crippen molar-refractivity contribution in [2.24, 2.45) is 21.9 Å². The van der Waals surface area contributed by atoms with E-state index in [1.54, 1.807) is 36.2 Å². The van der Waals surface area contributed by atoms with Gasteiger partial charge in [0.25, 0.3) is 5.91 Å². The molecular formula is C37H51N7O6. The van der Waals surface area contributed by atoms with Crippen LogP contribution < -0.4 is 21.2 Å². The summed E-state index contributed by atoms with van der Waals surface area (Å²) in [4.78, 5) is 63.1. The lowest BCUT2D eigenvalue weighted by atomic mass is 10.0. The summed E-state index contributed by atoms with van der Waals surface area (Å²) < 4.78 is 11.7. The van der Waals surface area contributed by atoms with E-state index in [4.69, 9.17) is 15.3 Å². The lowest BCUT2D eigenvalue weighted by molar-refractivity contribution is -0.147. The number of carbonyl (C=O) groups excluding carboxylic acids is 4. The van der Waals surface area contributed by atoms with Crippen LogP contribution in [0.2, 0.25) is 0 Å². The van der Waals surface area contributed by atoms with Crippen LogP contribution in [0.3, 0.4) is 0 Å². The van der Waals surface area contributed by atoms with Crippen molar-refractivity contribution in [2.75, 3.05) is 46.5 Å². The molecule has 0 bridgehead atoms. The normalized spacial score (nSPS) is 23.4. The molecule has 0 aliphatic carbocycles. The first-order valence-electron chi connectivity index (χ1n) is 17.4. The van der Waals surface area contributed by atoms with Gasteiger partial charge in [-0.15, -0.1) is 0 Å². The number of hydrogen-bond donors (Lipinski definition) is 3.